The number of amides is 1. The minimum absolute atomic E-state index is 0.0206. The van der Waals surface area contributed by atoms with Crippen LogP contribution in [0.1, 0.15) is 70.6 Å². The van der Waals surface area contributed by atoms with Crippen molar-refractivity contribution in [2.75, 3.05) is 7.05 Å². The van der Waals surface area contributed by atoms with Gasteiger partial charge in [-0.15, -0.1) is 0 Å². The average Bonchev–Trinajstić information content (AvgIpc) is 3.01. The lowest BCUT2D eigenvalue weighted by Gasteiger charge is -2.30. The maximum atomic E-state index is 14.0. The number of hydrogen-bond donors (Lipinski definition) is 1. The molecule has 0 spiro atoms. The van der Waals surface area contributed by atoms with Crippen LogP contribution < -0.4 is 5.32 Å². The van der Waals surface area contributed by atoms with Gasteiger partial charge in [0.1, 0.15) is 5.82 Å². The number of carbonyl (C=O) groups is 2. The largest absolute Gasteiger partial charge is 0.340 e. The molecule has 1 aromatic carbocycles. The Hall–Kier alpha value is -2.61. The van der Waals surface area contributed by atoms with Crippen molar-refractivity contribution >= 4 is 11.7 Å². The average molecular weight is 475 g/mol. The van der Waals surface area contributed by atoms with Gasteiger partial charge < -0.3 is 9.88 Å². The minimum atomic E-state index is -0.966. The zero-order valence-corrected chi connectivity index (χ0v) is 21.2. The molecule has 1 unspecified atom stereocenters. The number of fused-ring (bicyclic) bond motifs is 1. The van der Waals surface area contributed by atoms with Gasteiger partial charge in [0.05, 0.1) is 11.7 Å². The molecule has 2 aromatic rings. The van der Waals surface area contributed by atoms with Gasteiger partial charge in [0.25, 0.3) is 5.91 Å². The highest BCUT2D eigenvalue weighted by atomic mass is 19.2. The van der Waals surface area contributed by atoms with Crippen LogP contribution in [0.5, 0.6) is 0 Å². The summed E-state index contributed by atoms with van der Waals surface area (Å²) in [4.78, 5) is 33.3. The molecule has 6 nitrogen and oxygen atoms in total. The van der Waals surface area contributed by atoms with Crippen molar-refractivity contribution in [3.63, 3.8) is 0 Å². The first-order chi connectivity index (χ1) is 15.8. The highest BCUT2D eigenvalue weighted by molar-refractivity contribution is 5.98. The maximum absolute atomic E-state index is 14.0. The second kappa shape index (κ2) is 9.94. The van der Waals surface area contributed by atoms with Crippen molar-refractivity contribution in [1.82, 2.24) is 19.8 Å². The quantitative estimate of drug-likeness (QED) is 0.652. The number of benzene rings is 1. The first-order valence-electron chi connectivity index (χ1n) is 11.9. The van der Waals surface area contributed by atoms with Gasteiger partial charge in [0, 0.05) is 31.1 Å². The van der Waals surface area contributed by atoms with E-state index in [1.165, 1.54) is 6.07 Å². The zero-order chi connectivity index (χ0) is 25.4. The van der Waals surface area contributed by atoms with Crippen molar-refractivity contribution in [3.05, 3.63) is 41.2 Å². The van der Waals surface area contributed by atoms with Crippen LogP contribution in [0.3, 0.4) is 0 Å². The number of aromatic nitrogens is 2. The Labute approximate surface area is 200 Å². The van der Waals surface area contributed by atoms with Crippen LogP contribution in [0.25, 0.3) is 11.4 Å². The Balaban J connectivity index is 2.06. The third kappa shape index (κ3) is 5.54. The molecule has 1 aliphatic rings. The van der Waals surface area contributed by atoms with Gasteiger partial charge >= 0.3 is 0 Å². The number of rotatable bonds is 6. The van der Waals surface area contributed by atoms with Gasteiger partial charge in [0.2, 0.25) is 0 Å². The molecule has 0 saturated carbocycles. The standard InChI is InChI=1S/C26H36F2N4O2/c1-15(2)12-21(33)23(26(4,5)6)30-25(34)22-20-14-31(7)16(3)10-11-32(20)24(29-22)17-8-9-18(27)19(28)13-17/h8-9,13,15-16,23H,10-12,14H2,1-7H3,(H,30,34)/t16?,23-/m1/s1. The predicted molar refractivity (Wildman–Crippen MR) is 128 cm³/mol. The van der Waals surface area contributed by atoms with Crippen LogP contribution in [0, 0.1) is 23.0 Å². The van der Waals surface area contributed by atoms with Crippen molar-refractivity contribution in [1.29, 1.82) is 0 Å². The van der Waals surface area contributed by atoms with Crippen LogP contribution in [0.4, 0.5) is 8.78 Å². The Bertz CT molecular complexity index is 1070. The first kappa shape index (κ1) is 26.0. The molecule has 0 aliphatic carbocycles. The molecule has 0 fully saturated rings. The van der Waals surface area contributed by atoms with Gasteiger partial charge in [-0.2, -0.15) is 0 Å². The maximum Gasteiger partial charge on any atom is 0.272 e. The SMILES string of the molecule is CC(C)CC(=O)[C@@H](NC(=O)c1nc(-c2ccc(F)c(F)c2)n2c1CN(C)C(C)CC2)C(C)(C)C. The third-order valence-corrected chi connectivity index (χ3v) is 6.46. The second-order valence-corrected chi connectivity index (χ2v) is 10.9. The van der Waals surface area contributed by atoms with Gasteiger partial charge in [0.15, 0.2) is 23.1 Å². The lowest BCUT2D eigenvalue weighted by atomic mass is 9.82. The smallest absolute Gasteiger partial charge is 0.272 e. The van der Waals surface area contributed by atoms with Crippen molar-refractivity contribution in [2.45, 2.75) is 79.6 Å². The molecular formula is C26H36F2N4O2. The van der Waals surface area contributed by atoms with E-state index in [2.05, 4.69) is 22.1 Å². The summed E-state index contributed by atoms with van der Waals surface area (Å²) >= 11 is 0. The molecule has 3 rings (SSSR count). The van der Waals surface area contributed by atoms with E-state index in [0.29, 0.717) is 36.6 Å². The summed E-state index contributed by atoms with van der Waals surface area (Å²) in [5.41, 5.74) is 0.840. The van der Waals surface area contributed by atoms with E-state index in [1.807, 2.05) is 46.2 Å². The Morgan fingerprint density at radius 2 is 1.88 bits per heavy atom. The summed E-state index contributed by atoms with van der Waals surface area (Å²) < 4.78 is 29.5. The summed E-state index contributed by atoms with van der Waals surface area (Å²) in [7, 11) is 1.98. The molecule has 1 aromatic heterocycles. The van der Waals surface area contributed by atoms with E-state index in [-0.39, 0.29) is 23.4 Å². The fraction of sp³-hybridized carbons (Fsp3) is 0.577. The predicted octanol–water partition coefficient (Wildman–Crippen LogP) is 4.81. The number of imidazole rings is 1. The lowest BCUT2D eigenvalue weighted by Crippen LogP contribution is -2.49. The fourth-order valence-electron chi connectivity index (χ4n) is 4.35. The van der Waals surface area contributed by atoms with E-state index >= 15 is 0 Å². The molecule has 1 aliphatic heterocycles. The van der Waals surface area contributed by atoms with Gasteiger partial charge in [-0.1, -0.05) is 34.6 Å². The highest BCUT2D eigenvalue weighted by Gasteiger charge is 2.35. The molecule has 34 heavy (non-hydrogen) atoms. The molecule has 1 N–H and O–H groups in total. The number of hydrogen-bond acceptors (Lipinski definition) is 4. The summed E-state index contributed by atoms with van der Waals surface area (Å²) in [6, 6.07) is 3.24. The van der Waals surface area contributed by atoms with Gasteiger partial charge in [-0.25, -0.2) is 13.8 Å². The van der Waals surface area contributed by atoms with Crippen LogP contribution in [-0.2, 0) is 17.9 Å². The summed E-state index contributed by atoms with van der Waals surface area (Å²) in [5.74, 6) is -1.76. The molecule has 2 heterocycles. The van der Waals surface area contributed by atoms with Gasteiger partial charge in [-0.3, -0.25) is 14.5 Å². The zero-order valence-electron chi connectivity index (χ0n) is 21.2. The monoisotopic (exact) mass is 474 g/mol. The van der Waals surface area contributed by atoms with E-state index in [4.69, 9.17) is 0 Å². The van der Waals surface area contributed by atoms with Crippen molar-refractivity contribution in [2.24, 2.45) is 11.3 Å². The Kier molecular flexibility index (Phi) is 7.60. The normalized spacial score (nSPS) is 17.9. The van der Waals surface area contributed by atoms with E-state index < -0.39 is 29.0 Å². The molecule has 1 amide bonds. The number of ketones is 1. The molecule has 0 saturated heterocycles. The second-order valence-electron chi connectivity index (χ2n) is 10.9. The number of carbonyl (C=O) groups excluding carboxylic acids is 2. The van der Waals surface area contributed by atoms with E-state index in [9.17, 15) is 18.4 Å². The number of nitrogens with zero attached hydrogens (tertiary/aromatic N) is 3. The molecule has 186 valence electrons. The minimum Gasteiger partial charge on any atom is -0.340 e. The summed E-state index contributed by atoms with van der Waals surface area (Å²) in [5, 5.41) is 2.94. The molecular weight excluding hydrogens is 438 g/mol. The number of Topliss-reactive ketones (excluding diaryl/α,β-unsaturated/α-hetero) is 1. The van der Waals surface area contributed by atoms with Gasteiger partial charge in [-0.05, 0) is 49.9 Å². The summed E-state index contributed by atoms with van der Waals surface area (Å²) in [6.45, 7) is 12.9. The van der Waals surface area contributed by atoms with Crippen LogP contribution in [-0.4, -0.2) is 45.3 Å². The molecule has 8 heteroatoms. The number of halogens is 2. The van der Waals surface area contributed by atoms with E-state index in [1.54, 1.807) is 0 Å². The van der Waals surface area contributed by atoms with Crippen molar-refractivity contribution < 1.29 is 18.4 Å². The van der Waals surface area contributed by atoms with Crippen molar-refractivity contribution in [3.8, 4) is 11.4 Å². The number of nitrogens with one attached hydrogen (secondary N) is 1. The molecule has 0 radical (unpaired) electrons. The van der Waals surface area contributed by atoms with Crippen LogP contribution in [0.15, 0.2) is 18.2 Å². The first-order valence-corrected chi connectivity index (χ1v) is 11.9. The third-order valence-electron chi connectivity index (χ3n) is 6.46. The lowest BCUT2D eigenvalue weighted by molar-refractivity contribution is -0.123. The Morgan fingerprint density at radius 1 is 1.21 bits per heavy atom. The van der Waals surface area contributed by atoms with Crippen LogP contribution >= 0.6 is 0 Å². The topological polar surface area (TPSA) is 67.2 Å². The highest BCUT2D eigenvalue weighted by Crippen LogP contribution is 2.29. The Morgan fingerprint density at radius 3 is 2.47 bits per heavy atom. The fourth-order valence-corrected chi connectivity index (χ4v) is 4.35. The van der Waals surface area contributed by atoms with E-state index in [0.717, 1.165) is 18.6 Å². The van der Waals surface area contributed by atoms with Crippen LogP contribution in [0.2, 0.25) is 0 Å². The molecule has 0 bridgehead atoms. The molecule has 2 atom stereocenters. The summed E-state index contributed by atoms with van der Waals surface area (Å²) in [6.07, 6.45) is 1.18.